The van der Waals surface area contributed by atoms with Gasteiger partial charge in [0.05, 0.1) is 19.9 Å². The van der Waals surface area contributed by atoms with Crippen LogP contribution >= 0.6 is 0 Å². The predicted octanol–water partition coefficient (Wildman–Crippen LogP) is 3.91. The van der Waals surface area contributed by atoms with Gasteiger partial charge in [-0.2, -0.15) is 9.61 Å². The molecule has 0 unspecified atom stereocenters. The molecular formula is C23H23N5O2. The highest BCUT2D eigenvalue weighted by Gasteiger charge is 2.22. The van der Waals surface area contributed by atoms with E-state index in [2.05, 4.69) is 16.4 Å². The Labute approximate surface area is 174 Å². The lowest BCUT2D eigenvalue weighted by Gasteiger charge is -2.13. The maximum Gasteiger partial charge on any atom is 0.161 e. The van der Waals surface area contributed by atoms with Crippen molar-refractivity contribution in [3.63, 3.8) is 0 Å². The first-order valence-corrected chi connectivity index (χ1v) is 10.0. The molecular weight excluding hydrogens is 378 g/mol. The normalized spacial score (nSPS) is 12.7. The lowest BCUT2D eigenvalue weighted by molar-refractivity contribution is 0.355. The Morgan fingerprint density at radius 2 is 1.97 bits per heavy atom. The van der Waals surface area contributed by atoms with Crippen LogP contribution in [-0.4, -0.2) is 33.8 Å². The third-order valence-electron chi connectivity index (χ3n) is 5.49. The zero-order valence-corrected chi connectivity index (χ0v) is 17.1. The van der Waals surface area contributed by atoms with E-state index < -0.39 is 0 Å². The van der Waals surface area contributed by atoms with Crippen LogP contribution in [0.5, 0.6) is 11.5 Å². The Morgan fingerprint density at radius 3 is 2.77 bits per heavy atom. The van der Waals surface area contributed by atoms with Crippen LogP contribution < -0.4 is 14.8 Å². The first-order chi connectivity index (χ1) is 14.8. The second-order valence-electron chi connectivity index (χ2n) is 7.32. The molecule has 7 heteroatoms. The number of ether oxygens (including phenoxy) is 2. The molecule has 3 heterocycles. The summed E-state index contributed by atoms with van der Waals surface area (Å²) in [6.07, 6.45) is 6.81. The van der Waals surface area contributed by atoms with Crippen LogP contribution in [0.1, 0.15) is 23.2 Å². The van der Waals surface area contributed by atoms with Crippen molar-refractivity contribution < 1.29 is 9.47 Å². The Bertz CT molecular complexity index is 1200. The number of anilines is 1. The number of hydrogen-bond acceptors (Lipinski definition) is 6. The van der Waals surface area contributed by atoms with Crippen molar-refractivity contribution in [2.24, 2.45) is 0 Å². The fraction of sp³-hybridized carbons (Fsp3) is 0.261. The molecule has 0 spiro atoms. The van der Waals surface area contributed by atoms with Crippen LogP contribution in [0.3, 0.4) is 0 Å². The average Bonchev–Trinajstić information content (AvgIpc) is 3.43. The summed E-state index contributed by atoms with van der Waals surface area (Å²) in [7, 11) is 3.27. The van der Waals surface area contributed by atoms with Crippen LogP contribution in [-0.2, 0) is 19.4 Å². The van der Waals surface area contributed by atoms with Gasteiger partial charge in [-0.3, -0.25) is 4.98 Å². The van der Waals surface area contributed by atoms with Crippen molar-refractivity contribution >= 4 is 11.5 Å². The number of fused-ring (bicyclic) bond motifs is 2. The van der Waals surface area contributed by atoms with E-state index in [1.807, 2.05) is 41.0 Å². The van der Waals surface area contributed by atoms with Gasteiger partial charge >= 0.3 is 0 Å². The van der Waals surface area contributed by atoms with Gasteiger partial charge in [-0.05, 0) is 49.1 Å². The summed E-state index contributed by atoms with van der Waals surface area (Å²) in [4.78, 5) is 9.10. The van der Waals surface area contributed by atoms with Crippen LogP contribution in [0.15, 0.2) is 48.8 Å². The third-order valence-corrected chi connectivity index (χ3v) is 5.49. The number of aryl methyl sites for hydroxylation is 1. The zero-order chi connectivity index (χ0) is 20.5. The number of benzene rings is 1. The number of methoxy groups -OCH3 is 2. The molecule has 152 valence electrons. The number of nitrogens with zero attached hydrogens (tertiary/aromatic N) is 4. The number of rotatable bonds is 6. The van der Waals surface area contributed by atoms with E-state index >= 15 is 0 Å². The molecule has 7 nitrogen and oxygen atoms in total. The van der Waals surface area contributed by atoms with E-state index in [4.69, 9.17) is 19.6 Å². The molecule has 3 aromatic heterocycles. The standard InChI is InChI=1S/C23H23N5O2/c1-29-20-9-8-16(11-21(20)30-2)19-12-22-26-18-7-3-6-17(18)23(28(22)27-19)25-14-15-5-4-10-24-13-15/h4-5,8-13,25H,3,6-7,14H2,1-2H3. The molecule has 0 radical (unpaired) electrons. The fourth-order valence-corrected chi connectivity index (χ4v) is 3.99. The largest absolute Gasteiger partial charge is 0.493 e. The van der Waals surface area contributed by atoms with Gasteiger partial charge in [0.2, 0.25) is 0 Å². The van der Waals surface area contributed by atoms with Gasteiger partial charge in [-0.1, -0.05) is 6.07 Å². The van der Waals surface area contributed by atoms with Crippen molar-refractivity contribution in [3.8, 4) is 22.8 Å². The Balaban J connectivity index is 1.57. The topological polar surface area (TPSA) is 73.6 Å². The van der Waals surface area contributed by atoms with Crippen molar-refractivity contribution in [2.45, 2.75) is 25.8 Å². The molecule has 5 rings (SSSR count). The smallest absolute Gasteiger partial charge is 0.161 e. The van der Waals surface area contributed by atoms with Crippen molar-refractivity contribution in [3.05, 3.63) is 65.6 Å². The first-order valence-electron chi connectivity index (χ1n) is 10.0. The molecule has 0 atom stereocenters. The predicted molar refractivity (Wildman–Crippen MR) is 115 cm³/mol. The Morgan fingerprint density at radius 1 is 1.07 bits per heavy atom. The molecule has 0 bridgehead atoms. The summed E-state index contributed by atoms with van der Waals surface area (Å²) in [5.74, 6) is 2.39. The minimum absolute atomic E-state index is 0.678. The lowest BCUT2D eigenvalue weighted by Crippen LogP contribution is -2.10. The highest BCUT2D eigenvalue weighted by molar-refractivity contribution is 5.69. The van der Waals surface area contributed by atoms with Gasteiger partial charge in [0, 0.05) is 41.8 Å². The highest BCUT2D eigenvalue weighted by atomic mass is 16.5. The number of aromatic nitrogens is 4. The van der Waals surface area contributed by atoms with Gasteiger partial charge in [0.25, 0.3) is 0 Å². The summed E-state index contributed by atoms with van der Waals surface area (Å²) in [6.45, 7) is 0.685. The fourth-order valence-electron chi connectivity index (χ4n) is 3.99. The molecule has 4 aromatic rings. The van der Waals surface area contributed by atoms with Crippen LogP contribution in [0.2, 0.25) is 0 Å². The van der Waals surface area contributed by atoms with Gasteiger partial charge in [0.1, 0.15) is 5.82 Å². The average molecular weight is 401 g/mol. The Kier molecular flexibility index (Phi) is 4.71. The summed E-state index contributed by atoms with van der Waals surface area (Å²) in [6, 6.07) is 11.9. The second-order valence-corrected chi connectivity index (χ2v) is 7.32. The van der Waals surface area contributed by atoms with Crippen molar-refractivity contribution in [1.29, 1.82) is 0 Å². The van der Waals surface area contributed by atoms with E-state index in [0.717, 1.165) is 53.2 Å². The van der Waals surface area contributed by atoms with Gasteiger partial charge in [-0.25, -0.2) is 4.98 Å². The number of pyridine rings is 1. The number of nitrogens with one attached hydrogen (secondary N) is 1. The highest BCUT2D eigenvalue weighted by Crippen LogP contribution is 2.34. The molecule has 30 heavy (non-hydrogen) atoms. The molecule has 0 fully saturated rings. The summed E-state index contributed by atoms with van der Waals surface area (Å²) < 4.78 is 12.7. The maximum atomic E-state index is 5.46. The molecule has 1 aliphatic carbocycles. The second kappa shape index (κ2) is 7.67. The summed E-state index contributed by atoms with van der Waals surface area (Å²) >= 11 is 0. The molecule has 0 saturated carbocycles. The van der Waals surface area contributed by atoms with E-state index in [9.17, 15) is 0 Å². The summed E-state index contributed by atoms with van der Waals surface area (Å²) in [5.41, 5.74) is 6.19. The van der Waals surface area contributed by atoms with Gasteiger partial charge < -0.3 is 14.8 Å². The van der Waals surface area contributed by atoms with Crippen LogP contribution in [0.4, 0.5) is 5.82 Å². The first kappa shape index (κ1) is 18.4. The SMILES string of the molecule is COc1ccc(-c2cc3nc4c(c(NCc5cccnc5)n3n2)CCC4)cc1OC. The molecule has 1 N–H and O–H groups in total. The van der Waals surface area contributed by atoms with E-state index in [1.54, 1.807) is 20.4 Å². The van der Waals surface area contributed by atoms with E-state index in [1.165, 1.54) is 5.56 Å². The third kappa shape index (κ3) is 3.22. The molecule has 1 aromatic carbocycles. The summed E-state index contributed by atoms with van der Waals surface area (Å²) in [5, 5.41) is 8.47. The monoisotopic (exact) mass is 401 g/mol. The molecule has 1 aliphatic rings. The molecule has 0 amide bonds. The van der Waals surface area contributed by atoms with Crippen molar-refractivity contribution in [1.82, 2.24) is 19.6 Å². The van der Waals surface area contributed by atoms with Gasteiger partial charge in [-0.15, -0.1) is 0 Å². The maximum absolute atomic E-state index is 5.46. The zero-order valence-electron chi connectivity index (χ0n) is 17.1. The number of hydrogen-bond donors (Lipinski definition) is 1. The Hall–Kier alpha value is -3.61. The quantitative estimate of drug-likeness (QED) is 0.528. The van der Waals surface area contributed by atoms with Crippen LogP contribution in [0.25, 0.3) is 16.9 Å². The van der Waals surface area contributed by atoms with Crippen molar-refractivity contribution in [2.75, 3.05) is 19.5 Å². The van der Waals surface area contributed by atoms with Crippen LogP contribution in [0, 0.1) is 0 Å². The van der Waals surface area contributed by atoms with Gasteiger partial charge in [0.15, 0.2) is 17.1 Å². The molecule has 0 aliphatic heterocycles. The van der Waals surface area contributed by atoms with E-state index in [-0.39, 0.29) is 0 Å². The van der Waals surface area contributed by atoms with E-state index in [0.29, 0.717) is 18.0 Å². The minimum Gasteiger partial charge on any atom is -0.493 e. The lowest BCUT2D eigenvalue weighted by atomic mass is 10.1. The molecule has 0 saturated heterocycles. The minimum atomic E-state index is 0.678.